The van der Waals surface area contributed by atoms with Gasteiger partial charge in [-0.2, -0.15) is 0 Å². The zero-order valence-electron chi connectivity index (χ0n) is 8.81. The first kappa shape index (κ1) is 9.90. The zero-order chi connectivity index (χ0) is 10.5. The van der Waals surface area contributed by atoms with Gasteiger partial charge in [0.25, 0.3) is 0 Å². The Morgan fingerprint density at radius 1 is 1.33 bits per heavy atom. The van der Waals surface area contributed by atoms with Crippen molar-refractivity contribution < 1.29 is 4.42 Å². The van der Waals surface area contributed by atoms with Crippen LogP contribution in [0.5, 0.6) is 0 Å². The third-order valence-electron chi connectivity index (χ3n) is 2.22. The van der Waals surface area contributed by atoms with E-state index < -0.39 is 0 Å². The SMILES string of the molecule is CCCCc1coc(-c2ccccn2)n1. The van der Waals surface area contributed by atoms with E-state index in [4.69, 9.17) is 4.42 Å². The van der Waals surface area contributed by atoms with Gasteiger partial charge < -0.3 is 4.42 Å². The fourth-order valence-electron chi connectivity index (χ4n) is 1.39. The van der Waals surface area contributed by atoms with Crippen molar-refractivity contribution in [2.45, 2.75) is 26.2 Å². The van der Waals surface area contributed by atoms with E-state index in [2.05, 4.69) is 16.9 Å². The number of oxazole rings is 1. The van der Waals surface area contributed by atoms with E-state index in [1.54, 1.807) is 12.5 Å². The molecule has 0 unspecified atom stereocenters. The number of pyridine rings is 1. The van der Waals surface area contributed by atoms with Crippen molar-refractivity contribution in [3.05, 3.63) is 36.4 Å². The standard InChI is InChI=1S/C12H14N2O/c1-2-3-6-10-9-15-12(14-10)11-7-4-5-8-13-11/h4-5,7-9H,2-3,6H2,1H3. The van der Waals surface area contributed by atoms with Crippen LogP contribution in [0.2, 0.25) is 0 Å². The Balaban J connectivity index is 2.14. The van der Waals surface area contributed by atoms with E-state index in [9.17, 15) is 0 Å². The van der Waals surface area contributed by atoms with Gasteiger partial charge in [0.15, 0.2) is 0 Å². The molecule has 3 nitrogen and oxygen atoms in total. The number of hydrogen-bond acceptors (Lipinski definition) is 3. The second-order valence-electron chi connectivity index (χ2n) is 3.46. The van der Waals surface area contributed by atoms with Gasteiger partial charge in [-0.05, 0) is 25.0 Å². The molecular weight excluding hydrogens is 188 g/mol. The Labute approximate surface area is 89.2 Å². The molecule has 0 aliphatic rings. The maximum Gasteiger partial charge on any atom is 0.245 e. The summed E-state index contributed by atoms with van der Waals surface area (Å²) in [6, 6.07) is 5.71. The van der Waals surface area contributed by atoms with Gasteiger partial charge in [0.1, 0.15) is 12.0 Å². The Hall–Kier alpha value is -1.64. The van der Waals surface area contributed by atoms with Crippen LogP contribution in [0.4, 0.5) is 0 Å². The van der Waals surface area contributed by atoms with Crippen LogP contribution in [0.3, 0.4) is 0 Å². The maximum atomic E-state index is 5.37. The predicted octanol–water partition coefficient (Wildman–Crippen LogP) is 3.08. The van der Waals surface area contributed by atoms with Gasteiger partial charge >= 0.3 is 0 Å². The summed E-state index contributed by atoms with van der Waals surface area (Å²) in [6.45, 7) is 2.17. The Morgan fingerprint density at radius 2 is 2.27 bits per heavy atom. The van der Waals surface area contributed by atoms with E-state index in [1.165, 1.54) is 6.42 Å². The smallest absolute Gasteiger partial charge is 0.245 e. The highest BCUT2D eigenvalue weighted by molar-refractivity contribution is 5.45. The van der Waals surface area contributed by atoms with Crippen LogP contribution in [0.25, 0.3) is 11.6 Å². The fourth-order valence-corrected chi connectivity index (χ4v) is 1.39. The molecule has 0 atom stereocenters. The minimum atomic E-state index is 0.613. The fraction of sp³-hybridized carbons (Fsp3) is 0.333. The number of hydrogen-bond donors (Lipinski definition) is 0. The molecule has 0 radical (unpaired) electrons. The van der Waals surface area contributed by atoms with Crippen LogP contribution in [0, 0.1) is 0 Å². The molecule has 0 fully saturated rings. The van der Waals surface area contributed by atoms with Crippen LogP contribution in [-0.2, 0) is 6.42 Å². The third-order valence-corrected chi connectivity index (χ3v) is 2.22. The molecule has 0 saturated heterocycles. The molecule has 0 amide bonds. The largest absolute Gasteiger partial charge is 0.443 e. The highest BCUT2D eigenvalue weighted by Gasteiger charge is 2.06. The van der Waals surface area contributed by atoms with Gasteiger partial charge in [-0.1, -0.05) is 19.4 Å². The van der Waals surface area contributed by atoms with Crippen molar-refractivity contribution in [1.82, 2.24) is 9.97 Å². The highest BCUT2D eigenvalue weighted by Crippen LogP contribution is 2.16. The second-order valence-corrected chi connectivity index (χ2v) is 3.46. The number of aryl methyl sites for hydroxylation is 1. The molecule has 78 valence electrons. The van der Waals surface area contributed by atoms with Gasteiger partial charge in [-0.15, -0.1) is 0 Å². The van der Waals surface area contributed by atoms with Gasteiger partial charge in [-0.25, -0.2) is 4.98 Å². The van der Waals surface area contributed by atoms with Crippen molar-refractivity contribution in [3.63, 3.8) is 0 Å². The summed E-state index contributed by atoms with van der Waals surface area (Å²) in [7, 11) is 0. The van der Waals surface area contributed by atoms with Crippen molar-refractivity contribution in [2.75, 3.05) is 0 Å². The lowest BCUT2D eigenvalue weighted by molar-refractivity contribution is 0.569. The topological polar surface area (TPSA) is 38.9 Å². The first-order valence-electron chi connectivity index (χ1n) is 5.26. The summed E-state index contributed by atoms with van der Waals surface area (Å²) in [4.78, 5) is 8.58. The Bertz CT molecular complexity index is 409. The number of nitrogens with zero attached hydrogens (tertiary/aromatic N) is 2. The molecule has 2 rings (SSSR count). The zero-order valence-corrected chi connectivity index (χ0v) is 8.81. The molecule has 0 saturated carbocycles. The number of aromatic nitrogens is 2. The van der Waals surface area contributed by atoms with Crippen LogP contribution in [0.15, 0.2) is 35.1 Å². The van der Waals surface area contributed by atoms with Gasteiger partial charge in [0.2, 0.25) is 5.89 Å². The van der Waals surface area contributed by atoms with Gasteiger partial charge in [0.05, 0.1) is 5.69 Å². The van der Waals surface area contributed by atoms with E-state index in [0.29, 0.717) is 5.89 Å². The Kier molecular flexibility index (Phi) is 3.12. The van der Waals surface area contributed by atoms with E-state index in [1.807, 2.05) is 18.2 Å². The summed E-state index contributed by atoms with van der Waals surface area (Å²) in [5.41, 5.74) is 1.80. The van der Waals surface area contributed by atoms with Crippen molar-refractivity contribution in [1.29, 1.82) is 0 Å². The summed E-state index contributed by atoms with van der Waals surface area (Å²) in [6.07, 6.45) is 6.76. The van der Waals surface area contributed by atoms with Gasteiger partial charge in [0, 0.05) is 6.20 Å². The average Bonchev–Trinajstić information content (AvgIpc) is 2.76. The molecular formula is C12H14N2O. The van der Waals surface area contributed by atoms with Crippen LogP contribution >= 0.6 is 0 Å². The van der Waals surface area contributed by atoms with Gasteiger partial charge in [-0.3, -0.25) is 4.98 Å². The minimum absolute atomic E-state index is 0.613. The lowest BCUT2D eigenvalue weighted by atomic mass is 10.2. The van der Waals surface area contributed by atoms with Crippen LogP contribution < -0.4 is 0 Å². The van der Waals surface area contributed by atoms with E-state index in [-0.39, 0.29) is 0 Å². The quantitative estimate of drug-likeness (QED) is 0.764. The third kappa shape index (κ3) is 2.43. The van der Waals surface area contributed by atoms with E-state index in [0.717, 1.165) is 24.2 Å². The second kappa shape index (κ2) is 4.73. The molecule has 2 aromatic rings. The number of rotatable bonds is 4. The number of unbranched alkanes of at least 4 members (excludes halogenated alkanes) is 1. The molecule has 0 bridgehead atoms. The molecule has 15 heavy (non-hydrogen) atoms. The van der Waals surface area contributed by atoms with Crippen LogP contribution in [0.1, 0.15) is 25.5 Å². The highest BCUT2D eigenvalue weighted by atomic mass is 16.3. The lowest BCUT2D eigenvalue weighted by Gasteiger charge is -1.92. The molecule has 0 aliphatic heterocycles. The first-order chi connectivity index (χ1) is 7.40. The molecule has 0 spiro atoms. The monoisotopic (exact) mass is 202 g/mol. The molecule has 2 aromatic heterocycles. The van der Waals surface area contributed by atoms with Crippen molar-refractivity contribution >= 4 is 0 Å². The normalized spacial score (nSPS) is 10.5. The Morgan fingerprint density at radius 3 is 3.00 bits per heavy atom. The molecule has 0 N–H and O–H groups in total. The first-order valence-corrected chi connectivity index (χ1v) is 5.26. The molecule has 3 heteroatoms. The minimum Gasteiger partial charge on any atom is -0.443 e. The molecule has 0 aromatic carbocycles. The summed E-state index contributed by atoms with van der Waals surface area (Å²) < 4.78 is 5.37. The molecule has 2 heterocycles. The maximum absolute atomic E-state index is 5.37. The summed E-state index contributed by atoms with van der Waals surface area (Å²) >= 11 is 0. The van der Waals surface area contributed by atoms with Crippen LogP contribution in [-0.4, -0.2) is 9.97 Å². The van der Waals surface area contributed by atoms with Crippen molar-refractivity contribution in [2.24, 2.45) is 0 Å². The summed E-state index contributed by atoms with van der Waals surface area (Å²) in [5, 5.41) is 0. The predicted molar refractivity (Wildman–Crippen MR) is 58.3 cm³/mol. The summed E-state index contributed by atoms with van der Waals surface area (Å²) in [5.74, 6) is 0.613. The molecule has 0 aliphatic carbocycles. The van der Waals surface area contributed by atoms with Crippen molar-refractivity contribution in [3.8, 4) is 11.6 Å². The lowest BCUT2D eigenvalue weighted by Crippen LogP contribution is -1.86. The average molecular weight is 202 g/mol. The van der Waals surface area contributed by atoms with E-state index >= 15 is 0 Å².